The molecule has 3 aromatic rings. The molecule has 0 aliphatic carbocycles. The van der Waals surface area contributed by atoms with Crippen molar-refractivity contribution in [1.29, 1.82) is 0 Å². The minimum absolute atomic E-state index is 0.699. The first kappa shape index (κ1) is 12.8. The van der Waals surface area contributed by atoms with Gasteiger partial charge in [-0.2, -0.15) is 0 Å². The Balaban J connectivity index is 1.84. The van der Waals surface area contributed by atoms with Crippen LogP contribution in [0.4, 0.5) is 22.7 Å². The van der Waals surface area contributed by atoms with Gasteiger partial charge < -0.3 is 0 Å². The largest absolute Gasteiger partial charge is 0.281 e. The number of hydrogen-bond donors (Lipinski definition) is 0. The molecule has 22 heavy (non-hydrogen) atoms. The number of para-hydroxylation sites is 3. The van der Waals surface area contributed by atoms with E-state index in [1.165, 1.54) is 5.69 Å². The van der Waals surface area contributed by atoms with Crippen LogP contribution in [0.25, 0.3) is 0 Å². The summed E-state index contributed by atoms with van der Waals surface area (Å²) in [6, 6.07) is 29.0. The third-order valence-electron chi connectivity index (χ3n) is 3.80. The van der Waals surface area contributed by atoms with Crippen molar-refractivity contribution in [1.82, 2.24) is 0 Å². The minimum Gasteiger partial charge on any atom is -0.281 e. The second-order valence-electron chi connectivity index (χ2n) is 5.23. The van der Waals surface area contributed by atoms with Crippen molar-refractivity contribution in [2.24, 2.45) is 5.11 Å². The van der Waals surface area contributed by atoms with Crippen molar-refractivity contribution in [3.05, 3.63) is 84.9 Å². The van der Waals surface area contributed by atoms with Crippen molar-refractivity contribution >= 4 is 22.7 Å². The van der Waals surface area contributed by atoms with Crippen LogP contribution in [0.1, 0.15) is 0 Å². The fraction of sp³-hybridized carbons (Fsp3) is 0.0526. The smallest absolute Gasteiger partial charge is 0.254 e. The van der Waals surface area contributed by atoms with Gasteiger partial charge in [0.05, 0.1) is 5.69 Å². The maximum absolute atomic E-state index is 4.78. The van der Waals surface area contributed by atoms with Gasteiger partial charge in [0.25, 0.3) is 6.67 Å². The van der Waals surface area contributed by atoms with Crippen LogP contribution in [-0.4, -0.2) is 11.4 Å². The zero-order chi connectivity index (χ0) is 14.8. The van der Waals surface area contributed by atoms with E-state index >= 15 is 0 Å². The molecular formula is C19H16N3+. The van der Waals surface area contributed by atoms with E-state index in [9.17, 15) is 0 Å². The molecule has 0 aromatic heterocycles. The van der Waals surface area contributed by atoms with Gasteiger partial charge in [0.1, 0.15) is 0 Å². The summed E-state index contributed by atoms with van der Waals surface area (Å²) in [5.74, 6) is 0. The molecular weight excluding hydrogens is 270 g/mol. The average molecular weight is 286 g/mol. The molecule has 106 valence electrons. The Morgan fingerprint density at radius 1 is 0.727 bits per heavy atom. The Morgan fingerprint density at radius 2 is 1.36 bits per heavy atom. The van der Waals surface area contributed by atoms with Gasteiger partial charge in [-0.1, -0.05) is 53.2 Å². The van der Waals surface area contributed by atoms with Gasteiger partial charge in [-0.05, 0) is 24.3 Å². The molecule has 3 heteroatoms. The summed E-state index contributed by atoms with van der Waals surface area (Å²) in [6.07, 6.45) is 0. The van der Waals surface area contributed by atoms with Crippen LogP contribution in [0.3, 0.4) is 0 Å². The van der Waals surface area contributed by atoms with Gasteiger partial charge in [0, 0.05) is 22.9 Å². The van der Waals surface area contributed by atoms with E-state index in [1.54, 1.807) is 0 Å². The SMILES string of the molecule is c1ccc(N2C[N+](c3ccccc3)=Nc3ccccc32)cc1. The number of benzene rings is 3. The van der Waals surface area contributed by atoms with Gasteiger partial charge in [-0.25, -0.2) is 0 Å². The van der Waals surface area contributed by atoms with E-state index in [0.717, 1.165) is 17.1 Å². The number of rotatable bonds is 2. The quantitative estimate of drug-likeness (QED) is 0.590. The van der Waals surface area contributed by atoms with E-state index in [-0.39, 0.29) is 0 Å². The van der Waals surface area contributed by atoms with Gasteiger partial charge in [0.2, 0.25) is 5.69 Å². The highest BCUT2D eigenvalue weighted by molar-refractivity contribution is 5.74. The summed E-state index contributed by atoms with van der Waals surface area (Å²) < 4.78 is 2.04. The second kappa shape index (κ2) is 5.45. The first-order valence-corrected chi connectivity index (χ1v) is 7.38. The maximum atomic E-state index is 4.78. The maximum Gasteiger partial charge on any atom is 0.254 e. The number of anilines is 2. The van der Waals surface area contributed by atoms with Crippen LogP contribution in [0, 0.1) is 0 Å². The van der Waals surface area contributed by atoms with E-state index in [1.807, 2.05) is 35.0 Å². The summed E-state index contributed by atoms with van der Waals surface area (Å²) in [5, 5.41) is 4.78. The van der Waals surface area contributed by atoms with Crippen LogP contribution in [-0.2, 0) is 0 Å². The molecule has 1 aliphatic rings. The Labute approximate surface area is 129 Å². The van der Waals surface area contributed by atoms with Crippen LogP contribution in [0.5, 0.6) is 0 Å². The third-order valence-corrected chi connectivity index (χ3v) is 3.80. The van der Waals surface area contributed by atoms with Crippen LogP contribution in [0.2, 0.25) is 0 Å². The molecule has 3 aromatic carbocycles. The lowest BCUT2D eigenvalue weighted by Crippen LogP contribution is -2.28. The Morgan fingerprint density at radius 3 is 2.14 bits per heavy atom. The second-order valence-corrected chi connectivity index (χ2v) is 5.23. The highest BCUT2D eigenvalue weighted by atomic mass is 15.4. The monoisotopic (exact) mass is 286 g/mol. The lowest BCUT2D eigenvalue weighted by atomic mass is 10.2. The van der Waals surface area contributed by atoms with Crippen LogP contribution in [0.15, 0.2) is 90.0 Å². The summed E-state index contributed by atoms with van der Waals surface area (Å²) in [5.41, 5.74) is 4.39. The van der Waals surface area contributed by atoms with Gasteiger partial charge in [-0.15, -0.1) is 0 Å². The van der Waals surface area contributed by atoms with Crippen LogP contribution >= 0.6 is 0 Å². The molecule has 1 aliphatic heterocycles. The fourth-order valence-corrected chi connectivity index (χ4v) is 2.72. The Kier molecular flexibility index (Phi) is 3.16. The zero-order valence-electron chi connectivity index (χ0n) is 12.1. The number of hydrogen-bond acceptors (Lipinski definition) is 2. The van der Waals surface area contributed by atoms with Gasteiger partial charge >= 0.3 is 0 Å². The van der Waals surface area contributed by atoms with Crippen molar-refractivity contribution in [2.75, 3.05) is 11.6 Å². The predicted molar refractivity (Wildman–Crippen MR) is 88.3 cm³/mol. The first-order valence-electron chi connectivity index (χ1n) is 7.38. The number of azo groups is 2. The average Bonchev–Trinajstić information content (AvgIpc) is 2.62. The highest BCUT2D eigenvalue weighted by Gasteiger charge is 2.26. The predicted octanol–water partition coefficient (Wildman–Crippen LogP) is 5.22. The third kappa shape index (κ3) is 2.27. The molecule has 0 fully saturated rings. The normalized spacial score (nSPS) is 13.5. The summed E-state index contributed by atoms with van der Waals surface area (Å²) in [4.78, 5) is 2.29. The molecule has 4 rings (SSSR count). The molecule has 0 atom stereocenters. The highest BCUT2D eigenvalue weighted by Crippen LogP contribution is 2.38. The standard InChI is InChI=1S/C19H16N3/c1-3-9-16(10-4-1)21-15-22(17-11-5-2-6-12-17)20-18-13-7-8-14-19(18)21/h1-14H,15H2/q+1. The summed E-state index contributed by atoms with van der Waals surface area (Å²) in [7, 11) is 0. The topological polar surface area (TPSA) is 18.6 Å². The van der Waals surface area contributed by atoms with Crippen molar-refractivity contribution < 1.29 is 4.70 Å². The molecule has 3 nitrogen and oxygen atoms in total. The summed E-state index contributed by atoms with van der Waals surface area (Å²) in [6.45, 7) is 0.699. The molecule has 0 saturated carbocycles. The van der Waals surface area contributed by atoms with E-state index < -0.39 is 0 Å². The van der Waals surface area contributed by atoms with Crippen LogP contribution < -0.4 is 4.90 Å². The number of fused-ring (bicyclic) bond motifs is 1. The lowest BCUT2D eigenvalue weighted by Gasteiger charge is -2.25. The Hall–Kier alpha value is -2.94. The zero-order valence-corrected chi connectivity index (χ0v) is 12.1. The van der Waals surface area contributed by atoms with Gasteiger partial charge in [0.15, 0.2) is 5.69 Å². The fourth-order valence-electron chi connectivity index (χ4n) is 2.72. The molecule has 0 bridgehead atoms. The molecule has 0 spiro atoms. The molecule has 1 heterocycles. The molecule has 0 saturated heterocycles. The Bertz CT molecular complexity index is 810. The number of nitrogens with zero attached hydrogens (tertiary/aromatic N) is 3. The van der Waals surface area contributed by atoms with Crippen molar-refractivity contribution in [3.63, 3.8) is 0 Å². The lowest BCUT2D eigenvalue weighted by molar-refractivity contribution is -0.508. The van der Waals surface area contributed by atoms with Crippen molar-refractivity contribution in [2.45, 2.75) is 0 Å². The van der Waals surface area contributed by atoms with E-state index in [2.05, 4.69) is 59.5 Å². The summed E-state index contributed by atoms with van der Waals surface area (Å²) >= 11 is 0. The van der Waals surface area contributed by atoms with E-state index in [4.69, 9.17) is 5.11 Å². The first-order chi connectivity index (χ1) is 10.9. The molecule has 0 amide bonds. The van der Waals surface area contributed by atoms with Gasteiger partial charge in [-0.3, -0.25) is 4.90 Å². The minimum atomic E-state index is 0.699. The molecule has 0 unspecified atom stereocenters. The van der Waals surface area contributed by atoms with E-state index in [0.29, 0.717) is 6.67 Å². The molecule has 0 N–H and O–H groups in total. The van der Waals surface area contributed by atoms with Crippen molar-refractivity contribution in [3.8, 4) is 0 Å². The molecule has 0 radical (unpaired) electrons.